The first kappa shape index (κ1) is 14.0. The highest BCUT2D eigenvalue weighted by Crippen LogP contribution is 2.34. The summed E-state index contributed by atoms with van der Waals surface area (Å²) in [5.41, 5.74) is -2.10. The van der Waals surface area contributed by atoms with Gasteiger partial charge in [0.2, 0.25) is 0 Å². The molecule has 0 amide bonds. The van der Waals surface area contributed by atoms with Crippen LogP contribution in [0.15, 0.2) is 24.3 Å². The van der Waals surface area contributed by atoms with Crippen molar-refractivity contribution in [3.05, 3.63) is 60.2 Å². The van der Waals surface area contributed by atoms with Crippen molar-refractivity contribution in [2.24, 2.45) is 0 Å². The molecule has 0 unspecified atom stereocenters. The molecule has 2 aromatic carbocycles. The third-order valence-electron chi connectivity index (χ3n) is 2.79. The molecule has 0 radical (unpaired) electrons. The Hall–Kier alpha value is -3.43. The molecule has 0 saturated carbocycles. The van der Waals surface area contributed by atoms with Crippen molar-refractivity contribution in [2.75, 3.05) is 0 Å². The van der Waals surface area contributed by atoms with E-state index >= 15 is 0 Å². The first-order valence-electron chi connectivity index (χ1n) is 5.35. The van der Waals surface area contributed by atoms with E-state index in [9.17, 15) is 35.1 Å². The number of benzene rings is 2. The SMILES string of the molecule is O=Cc1cc2cc([N+](=O)[O-])cc([N+](=O)[O-])c2cc1[N+](=O)[O-]. The van der Waals surface area contributed by atoms with Gasteiger partial charge in [-0.2, -0.15) is 0 Å². The molecule has 106 valence electrons. The van der Waals surface area contributed by atoms with Crippen molar-refractivity contribution in [2.45, 2.75) is 0 Å². The number of hydrogen-bond donors (Lipinski definition) is 0. The summed E-state index contributed by atoms with van der Waals surface area (Å²) in [4.78, 5) is 40.9. The molecule has 10 nitrogen and oxygen atoms in total. The second kappa shape index (κ2) is 4.92. The maximum Gasteiger partial charge on any atom is 0.284 e. The number of fused-ring (bicyclic) bond motifs is 1. The second-order valence-electron chi connectivity index (χ2n) is 3.99. The van der Waals surface area contributed by atoms with Gasteiger partial charge in [0.1, 0.15) is 0 Å². The minimum absolute atomic E-state index is 0.00333. The average molecular weight is 291 g/mol. The lowest BCUT2D eigenvalue weighted by atomic mass is 10.0. The van der Waals surface area contributed by atoms with Crippen LogP contribution in [0.2, 0.25) is 0 Å². The van der Waals surface area contributed by atoms with Gasteiger partial charge >= 0.3 is 0 Å². The molecule has 10 heteroatoms. The Kier molecular flexibility index (Phi) is 3.28. The fraction of sp³-hybridized carbons (Fsp3) is 0. The third-order valence-corrected chi connectivity index (χ3v) is 2.79. The predicted octanol–water partition coefficient (Wildman–Crippen LogP) is 2.38. The number of non-ortho nitro benzene ring substituents is 2. The van der Waals surface area contributed by atoms with Crippen molar-refractivity contribution >= 4 is 34.1 Å². The lowest BCUT2D eigenvalue weighted by molar-refractivity contribution is -0.393. The summed E-state index contributed by atoms with van der Waals surface area (Å²) in [7, 11) is 0. The van der Waals surface area contributed by atoms with Crippen LogP contribution < -0.4 is 0 Å². The van der Waals surface area contributed by atoms with Crippen LogP contribution in [-0.2, 0) is 0 Å². The van der Waals surface area contributed by atoms with Crippen molar-refractivity contribution in [1.82, 2.24) is 0 Å². The highest BCUT2D eigenvalue weighted by molar-refractivity contribution is 5.99. The van der Waals surface area contributed by atoms with E-state index in [-0.39, 0.29) is 22.6 Å². The number of rotatable bonds is 4. The Labute approximate surface area is 115 Å². The molecule has 0 aliphatic heterocycles. The standard InChI is InChI=1S/C11H5N3O7/c15-5-7-1-6-2-8(12(16)17)3-11(14(20)21)9(6)4-10(7)13(18)19/h1-5H. The Morgan fingerprint density at radius 2 is 1.43 bits per heavy atom. The van der Waals surface area contributed by atoms with Gasteiger partial charge in [-0.3, -0.25) is 35.1 Å². The van der Waals surface area contributed by atoms with Crippen LogP contribution in [0.4, 0.5) is 17.1 Å². The van der Waals surface area contributed by atoms with E-state index in [2.05, 4.69) is 0 Å². The molecule has 0 bridgehead atoms. The van der Waals surface area contributed by atoms with Gasteiger partial charge in [-0.1, -0.05) is 0 Å². The summed E-state index contributed by atoms with van der Waals surface area (Å²) in [5.74, 6) is 0. The number of hydrogen-bond acceptors (Lipinski definition) is 7. The highest BCUT2D eigenvalue weighted by atomic mass is 16.6. The third kappa shape index (κ3) is 2.36. The van der Waals surface area contributed by atoms with Crippen LogP contribution in [0, 0.1) is 30.3 Å². The second-order valence-corrected chi connectivity index (χ2v) is 3.99. The van der Waals surface area contributed by atoms with E-state index < -0.39 is 31.8 Å². The largest absolute Gasteiger partial charge is 0.298 e. The lowest BCUT2D eigenvalue weighted by Crippen LogP contribution is -1.98. The predicted molar refractivity (Wildman–Crippen MR) is 69.3 cm³/mol. The van der Waals surface area contributed by atoms with Crippen LogP contribution in [0.3, 0.4) is 0 Å². The summed E-state index contributed by atoms with van der Waals surface area (Å²) in [6, 6.07) is 3.60. The molecule has 0 heterocycles. The number of carbonyl (C=O) groups excluding carboxylic acids is 1. The van der Waals surface area contributed by atoms with Crippen LogP contribution in [0.5, 0.6) is 0 Å². The van der Waals surface area contributed by atoms with Gasteiger partial charge in [-0.05, 0) is 11.5 Å². The monoisotopic (exact) mass is 291 g/mol. The van der Waals surface area contributed by atoms with E-state index in [1.165, 1.54) is 0 Å². The molecule has 2 rings (SSSR count). The average Bonchev–Trinajstić information content (AvgIpc) is 2.43. The van der Waals surface area contributed by atoms with Gasteiger partial charge in [-0.15, -0.1) is 0 Å². The summed E-state index contributed by atoms with van der Waals surface area (Å²) in [6.45, 7) is 0. The first-order valence-corrected chi connectivity index (χ1v) is 5.35. The highest BCUT2D eigenvalue weighted by Gasteiger charge is 2.23. The molecule has 0 fully saturated rings. The van der Waals surface area contributed by atoms with Crippen molar-refractivity contribution in [3.8, 4) is 0 Å². The first-order chi connectivity index (χ1) is 9.85. The lowest BCUT2D eigenvalue weighted by Gasteiger charge is -2.02. The summed E-state index contributed by atoms with van der Waals surface area (Å²) in [5, 5.41) is 32.4. The molecular weight excluding hydrogens is 286 g/mol. The van der Waals surface area contributed by atoms with Gasteiger partial charge in [0.25, 0.3) is 17.1 Å². The molecule has 21 heavy (non-hydrogen) atoms. The minimum atomic E-state index is -0.875. The Balaban J connectivity index is 2.94. The van der Waals surface area contributed by atoms with Crippen molar-refractivity contribution in [1.29, 1.82) is 0 Å². The van der Waals surface area contributed by atoms with E-state index in [0.29, 0.717) is 6.07 Å². The molecule has 0 atom stereocenters. The fourth-order valence-electron chi connectivity index (χ4n) is 1.89. The maximum absolute atomic E-state index is 11.0. The molecular formula is C11H5N3O7. The normalized spacial score (nSPS) is 10.3. The zero-order chi connectivity index (χ0) is 15.7. The van der Waals surface area contributed by atoms with Gasteiger partial charge < -0.3 is 0 Å². The Bertz CT molecular complexity index is 815. The molecule has 0 saturated heterocycles. The topological polar surface area (TPSA) is 146 Å². The summed E-state index contributed by atoms with van der Waals surface area (Å²) < 4.78 is 0. The summed E-state index contributed by atoms with van der Waals surface area (Å²) in [6.07, 6.45) is 0.211. The quantitative estimate of drug-likeness (QED) is 0.477. The zero-order valence-corrected chi connectivity index (χ0v) is 10.1. The fourth-order valence-corrected chi connectivity index (χ4v) is 1.89. The molecule has 0 aliphatic rings. The molecule has 0 aromatic heterocycles. The van der Waals surface area contributed by atoms with Crippen LogP contribution >= 0.6 is 0 Å². The number of nitro groups is 3. The maximum atomic E-state index is 11.0. The summed E-state index contributed by atoms with van der Waals surface area (Å²) >= 11 is 0. The molecule has 0 spiro atoms. The van der Waals surface area contributed by atoms with Crippen molar-refractivity contribution < 1.29 is 19.6 Å². The minimum Gasteiger partial charge on any atom is -0.298 e. The molecule has 0 N–H and O–H groups in total. The van der Waals surface area contributed by atoms with Crippen LogP contribution in [0.25, 0.3) is 10.8 Å². The van der Waals surface area contributed by atoms with Gasteiger partial charge in [0.15, 0.2) is 6.29 Å². The molecule has 0 aliphatic carbocycles. The van der Waals surface area contributed by atoms with Crippen molar-refractivity contribution in [3.63, 3.8) is 0 Å². The Morgan fingerprint density at radius 3 is 1.90 bits per heavy atom. The van der Waals surface area contributed by atoms with Crippen LogP contribution in [0.1, 0.15) is 10.4 Å². The van der Waals surface area contributed by atoms with Gasteiger partial charge in [-0.25, -0.2) is 0 Å². The zero-order valence-electron chi connectivity index (χ0n) is 10.1. The Morgan fingerprint density at radius 1 is 0.810 bits per heavy atom. The number of carbonyl (C=O) groups is 1. The van der Waals surface area contributed by atoms with E-state index in [1.54, 1.807) is 0 Å². The van der Waals surface area contributed by atoms with E-state index in [0.717, 1.165) is 18.2 Å². The number of nitro benzene ring substituents is 3. The smallest absolute Gasteiger partial charge is 0.284 e. The van der Waals surface area contributed by atoms with E-state index in [1.807, 2.05) is 0 Å². The number of nitrogens with zero attached hydrogens (tertiary/aromatic N) is 3. The van der Waals surface area contributed by atoms with Gasteiger partial charge in [0, 0.05) is 12.1 Å². The van der Waals surface area contributed by atoms with Crippen LogP contribution in [-0.4, -0.2) is 21.1 Å². The van der Waals surface area contributed by atoms with E-state index in [4.69, 9.17) is 0 Å². The molecule has 2 aromatic rings. The van der Waals surface area contributed by atoms with Gasteiger partial charge in [0.05, 0.1) is 31.8 Å². The number of aldehydes is 1.